The van der Waals surface area contributed by atoms with E-state index in [0.29, 0.717) is 35.6 Å². The molecule has 0 unspecified atom stereocenters. The van der Waals surface area contributed by atoms with Crippen molar-refractivity contribution in [3.8, 4) is 11.5 Å². The molecule has 7 heteroatoms. The molecule has 3 rings (SSSR count). The molecule has 0 amide bonds. The lowest BCUT2D eigenvalue weighted by atomic mass is 10.2. The van der Waals surface area contributed by atoms with Gasteiger partial charge < -0.3 is 19.1 Å². The Kier molecular flexibility index (Phi) is 3.94. The fraction of sp³-hybridized carbons (Fsp3) is 0.429. The lowest BCUT2D eigenvalue weighted by molar-refractivity contribution is 0.122. The molecular formula is C14H16N2O4S. The van der Waals surface area contributed by atoms with E-state index in [4.69, 9.17) is 14.2 Å². The smallest absolute Gasteiger partial charge is 0.245 e. The largest absolute Gasteiger partial charge is 0.493 e. The topological polar surface area (TPSA) is 60.9 Å². The van der Waals surface area contributed by atoms with Crippen LogP contribution in [0.25, 0.3) is 10.9 Å². The molecule has 0 radical (unpaired) electrons. The van der Waals surface area contributed by atoms with Gasteiger partial charge in [0.1, 0.15) is 0 Å². The average Bonchev–Trinajstić information content (AvgIpc) is 2.54. The van der Waals surface area contributed by atoms with Crippen molar-refractivity contribution < 1.29 is 14.2 Å². The molecule has 1 aromatic carbocycles. The highest BCUT2D eigenvalue weighted by molar-refractivity contribution is 7.13. The van der Waals surface area contributed by atoms with Crippen LogP contribution in [0.15, 0.2) is 16.9 Å². The quantitative estimate of drug-likeness (QED) is 0.856. The first-order valence-corrected chi connectivity index (χ1v) is 7.44. The second kappa shape index (κ2) is 5.87. The first-order chi connectivity index (χ1) is 10.2. The number of aromatic nitrogens is 1. The van der Waals surface area contributed by atoms with Crippen molar-refractivity contribution in [2.75, 3.05) is 45.4 Å². The maximum absolute atomic E-state index is 12.3. The minimum atomic E-state index is -0.0255. The summed E-state index contributed by atoms with van der Waals surface area (Å²) < 4.78 is 15.8. The molecule has 0 saturated carbocycles. The Hall–Kier alpha value is -1.86. The Morgan fingerprint density at radius 1 is 1.19 bits per heavy atom. The highest BCUT2D eigenvalue weighted by Crippen LogP contribution is 2.31. The summed E-state index contributed by atoms with van der Waals surface area (Å²) in [6.07, 6.45) is 0. The highest BCUT2D eigenvalue weighted by atomic mass is 32.1. The number of morpholine rings is 1. The van der Waals surface area contributed by atoms with E-state index in [1.807, 2.05) is 0 Å². The molecule has 112 valence electrons. The molecule has 1 aliphatic rings. The molecule has 0 N–H and O–H groups in total. The van der Waals surface area contributed by atoms with E-state index < -0.39 is 0 Å². The van der Waals surface area contributed by atoms with Crippen molar-refractivity contribution in [1.82, 2.24) is 4.98 Å². The Bertz CT molecular complexity index is 710. The number of hydrogen-bond acceptors (Lipinski definition) is 7. The normalized spacial score (nSPS) is 15.2. The number of benzene rings is 1. The lowest BCUT2D eigenvalue weighted by Crippen LogP contribution is -2.36. The fourth-order valence-electron chi connectivity index (χ4n) is 2.28. The molecule has 2 heterocycles. The number of fused-ring (bicyclic) bond motifs is 1. The number of hydrogen-bond donors (Lipinski definition) is 0. The van der Waals surface area contributed by atoms with Crippen molar-refractivity contribution in [2.45, 2.75) is 0 Å². The lowest BCUT2D eigenvalue weighted by Gasteiger charge is -2.27. The summed E-state index contributed by atoms with van der Waals surface area (Å²) >= 11 is 1.15. The molecule has 1 fully saturated rings. The van der Waals surface area contributed by atoms with Crippen molar-refractivity contribution in [3.05, 3.63) is 21.7 Å². The van der Waals surface area contributed by atoms with Gasteiger partial charge in [0, 0.05) is 19.2 Å². The Morgan fingerprint density at radius 3 is 2.52 bits per heavy atom. The second-order valence-corrected chi connectivity index (χ2v) is 5.55. The van der Waals surface area contributed by atoms with Gasteiger partial charge in [-0.2, -0.15) is 0 Å². The summed E-state index contributed by atoms with van der Waals surface area (Å²) in [6, 6.07) is 3.43. The van der Waals surface area contributed by atoms with Gasteiger partial charge in [0.15, 0.2) is 16.6 Å². The van der Waals surface area contributed by atoms with Gasteiger partial charge in [0.2, 0.25) is 4.74 Å². The van der Waals surface area contributed by atoms with Crippen molar-refractivity contribution in [1.29, 1.82) is 0 Å². The second-order valence-electron chi connectivity index (χ2n) is 4.61. The van der Waals surface area contributed by atoms with Crippen molar-refractivity contribution in [3.63, 3.8) is 0 Å². The molecule has 1 aliphatic heterocycles. The van der Waals surface area contributed by atoms with E-state index in [9.17, 15) is 4.79 Å². The third kappa shape index (κ3) is 2.66. The van der Waals surface area contributed by atoms with Crippen LogP contribution in [0.4, 0.5) is 5.13 Å². The number of nitrogens with zero attached hydrogens (tertiary/aromatic N) is 2. The highest BCUT2D eigenvalue weighted by Gasteiger charge is 2.17. The average molecular weight is 308 g/mol. The van der Waals surface area contributed by atoms with Gasteiger partial charge in [-0.3, -0.25) is 4.79 Å². The molecule has 21 heavy (non-hydrogen) atoms. The summed E-state index contributed by atoms with van der Waals surface area (Å²) in [5, 5.41) is 1.28. The molecule has 0 bridgehead atoms. The van der Waals surface area contributed by atoms with E-state index in [1.165, 1.54) is 0 Å². The molecule has 0 aliphatic carbocycles. The number of ether oxygens (including phenoxy) is 3. The summed E-state index contributed by atoms with van der Waals surface area (Å²) in [7, 11) is 3.11. The SMILES string of the molecule is COc1cc2nc(N3CCOCC3)sc(=O)c2cc1OC. The number of rotatable bonds is 3. The Labute approximate surface area is 125 Å². The van der Waals surface area contributed by atoms with Gasteiger partial charge in [0.25, 0.3) is 0 Å². The summed E-state index contributed by atoms with van der Waals surface area (Å²) in [5.74, 6) is 1.11. The summed E-state index contributed by atoms with van der Waals surface area (Å²) in [4.78, 5) is 19.0. The van der Waals surface area contributed by atoms with Crippen molar-refractivity contribution in [2.24, 2.45) is 0 Å². The maximum atomic E-state index is 12.3. The van der Waals surface area contributed by atoms with Gasteiger partial charge >= 0.3 is 0 Å². The zero-order valence-electron chi connectivity index (χ0n) is 11.9. The molecule has 1 aromatic heterocycles. The fourth-order valence-corrected chi connectivity index (χ4v) is 3.17. The van der Waals surface area contributed by atoms with Crippen LogP contribution >= 0.6 is 11.3 Å². The van der Waals surface area contributed by atoms with Crippen LogP contribution in [0, 0.1) is 0 Å². The van der Waals surface area contributed by atoms with Crippen LogP contribution < -0.4 is 19.1 Å². The van der Waals surface area contributed by atoms with Crippen LogP contribution in [0.3, 0.4) is 0 Å². The Balaban J connectivity index is 2.11. The molecule has 6 nitrogen and oxygen atoms in total. The van der Waals surface area contributed by atoms with E-state index in [0.717, 1.165) is 29.6 Å². The standard InChI is InChI=1S/C14H16N2O4S/c1-18-11-7-9-10(8-12(11)19-2)15-14(21-13(9)17)16-3-5-20-6-4-16/h7-8H,3-6H2,1-2H3. The van der Waals surface area contributed by atoms with Crippen LogP contribution in [-0.2, 0) is 4.74 Å². The maximum Gasteiger partial charge on any atom is 0.245 e. The Morgan fingerprint density at radius 2 is 1.86 bits per heavy atom. The zero-order valence-corrected chi connectivity index (χ0v) is 12.7. The molecule has 0 atom stereocenters. The third-order valence-corrected chi connectivity index (χ3v) is 4.34. The van der Waals surface area contributed by atoms with E-state index in [1.54, 1.807) is 26.4 Å². The summed E-state index contributed by atoms with van der Waals surface area (Å²) in [5.41, 5.74) is 0.623. The van der Waals surface area contributed by atoms with Crippen LogP contribution in [0.2, 0.25) is 0 Å². The first kappa shape index (κ1) is 14.1. The first-order valence-electron chi connectivity index (χ1n) is 6.62. The molecule has 1 saturated heterocycles. The zero-order chi connectivity index (χ0) is 14.8. The number of anilines is 1. The molecule has 0 spiro atoms. The van der Waals surface area contributed by atoms with Gasteiger partial charge in [0.05, 0.1) is 38.3 Å². The molecule has 2 aromatic rings. The number of methoxy groups -OCH3 is 2. The van der Waals surface area contributed by atoms with Gasteiger partial charge in [-0.05, 0) is 6.07 Å². The molecular weight excluding hydrogens is 292 g/mol. The van der Waals surface area contributed by atoms with E-state index >= 15 is 0 Å². The van der Waals surface area contributed by atoms with E-state index in [-0.39, 0.29) is 4.74 Å². The van der Waals surface area contributed by atoms with E-state index in [2.05, 4.69) is 9.88 Å². The predicted octanol–water partition coefficient (Wildman–Crippen LogP) is 1.51. The van der Waals surface area contributed by atoms with Crippen molar-refractivity contribution >= 4 is 27.4 Å². The summed E-state index contributed by atoms with van der Waals surface area (Å²) in [6.45, 7) is 2.82. The monoisotopic (exact) mass is 308 g/mol. The van der Waals surface area contributed by atoms with Gasteiger partial charge in [-0.1, -0.05) is 11.3 Å². The van der Waals surface area contributed by atoms with Crippen LogP contribution in [0.1, 0.15) is 0 Å². The minimum absolute atomic E-state index is 0.0255. The van der Waals surface area contributed by atoms with Crippen LogP contribution in [-0.4, -0.2) is 45.5 Å². The minimum Gasteiger partial charge on any atom is -0.493 e. The van der Waals surface area contributed by atoms with Gasteiger partial charge in [-0.25, -0.2) is 4.98 Å². The van der Waals surface area contributed by atoms with Crippen LogP contribution in [0.5, 0.6) is 11.5 Å². The van der Waals surface area contributed by atoms with Gasteiger partial charge in [-0.15, -0.1) is 0 Å². The predicted molar refractivity (Wildman–Crippen MR) is 82.0 cm³/mol. The third-order valence-electron chi connectivity index (χ3n) is 3.40.